The molecule has 25 heavy (non-hydrogen) atoms. The highest BCUT2D eigenvalue weighted by molar-refractivity contribution is 5.99. The molecule has 0 amide bonds. The number of nitrogens with one attached hydrogen (secondary N) is 1. The first-order valence-electron chi connectivity index (χ1n) is 8.52. The van der Waals surface area contributed by atoms with Crippen LogP contribution in [0.1, 0.15) is 25.0 Å². The average molecular weight is 338 g/mol. The first-order chi connectivity index (χ1) is 12.0. The van der Waals surface area contributed by atoms with Crippen molar-refractivity contribution in [3.05, 3.63) is 53.6 Å². The van der Waals surface area contributed by atoms with E-state index in [2.05, 4.69) is 65.3 Å². The highest BCUT2D eigenvalue weighted by atomic mass is 16.5. The second kappa shape index (κ2) is 5.69. The number of fused-ring (bicyclic) bond motifs is 2. The zero-order valence-electron chi connectivity index (χ0n) is 15.2. The van der Waals surface area contributed by atoms with Crippen LogP contribution in [0.4, 0.5) is 5.69 Å². The van der Waals surface area contributed by atoms with E-state index in [1.165, 1.54) is 11.1 Å². The minimum Gasteiger partial charge on any atom is -0.493 e. The van der Waals surface area contributed by atoms with Gasteiger partial charge in [0.15, 0.2) is 18.2 Å². The van der Waals surface area contributed by atoms with Crippen LogP contribution in [-0.2, 0) is 6.42 Å². The molecule has 0 spiro atoms. The predicted octanol–water partition coefficient (Wildman–Crippen LogP) is 2.78. The molecule has 0 aromatic heterocycles. The van der Waals surface area contributed by atoms with E-state index in [4.69, 9.17) is 9.47 Å². The van der Waals surface area contributed by atoms with Gasteiger partial charge in [0.1, 0.15) is 5.54 Å². The smallest absolute Gasteiger partial charge is 0.303 e. The number of rotatable bonds is 3. The predicted molar refractivity (Wildman–Crippen MR) is 98.6 cm³/mol. The average Bonchev–Trinajstić information content (AvgIpc) is 3.08. The number of nitrogens with zero attached hydrogens (tertiary/aromatic N) is 2. The number of hydrazine groups is 1. The molecule has 2 aliphatic heterocycles. The first kappa shape index (κ1) is 15.8. The first-order valence-corrected chi connectivity index (χ1v) is 8.52. The van der Waals surface area contributed by atoms with Crippen LogP contribution in [0.5, 0.6) is 11.5 Å². The van der Waals surface area contributed by atoms with Crippen molar-refractivity contribution >= 4 is 11.5 Å². The molecular formula is C20H24N3O2+. The Kier molecular flexibility index (Phi) is 3.60. The fourth-order valence-electron chi connectivity index (χ4n) is 3.74. The molecule has 4 rings (SSSR count). The lowest BCUT2D eigenvalue weighted by Gasteiger charge is -2.30. The molecule has 0 bridgehead atoms. The van der Waals surface area contributed by atoms with Crippen molar-refractivity contribution < 1.29 is 14.0 Å². The molecule has 130 valence electrons. The largest absolute Gasteiger partial charge is 0.493 e. The molecule has 0 unspecified atom stereocenters. The van der Waals surface area contributed by atoms with Crippen LogP contribution >= 0.6 is 0 Å². The molecule has 0 radical (unpaired) electrons. The van der Waals surface area contributed by atoms with Gasteiger partial charge in [0.2, 0.25) is 0 Å². The topological polar surface area (TPSA) is 36.7 Å². The van der Waals surface area contributed by atoms with Gasteiger partial charge >= 0.3 is 5.84 Å². The Labute approximate surface area is 148 Å². The molecule has 2 aromatic carbocycles. The maximum atomic E-state index is 5.52. The zero-order chi connectivity index (χ0) is 17.6. The molecule has 0 fully saturated rings. The van der Waals surface area contributed by atoms with Crippen LogP contribution in [0.15, 0.2) is 42.5 Å². The van der Waals surface area contributed by atoms with Crippen molar-refractivity contribution in [2.45, 2.75) is 25.8 Å². The third-order valence-corrected chi connectivity index (χ3v) is 5.08. The number of para-hydroxylation sites is 1. The number of hydrogen-bond donors (Lipinski definition) is 1. The van der Waals surface area contributed by atoms with Crippen LogP contribution in [-0.4, -0.2) is 36.8 Å². The number of anilines is 1. The molecular weight excluding hydrogens is 314 g/mol. The van der Waals surface area contributed by atoms with Gasteiger partial charge in [0.25, 0.3) is 0 Å². The molecule has 0 aliphatic carbocycles. The summed E-state index contributed by atoms with van der Waals surface area (Å²) in [5.41, 5.74) is 7.21. The molecule has 5 nitrogen and oxygen atoms in total. The SMILES string of the molecule is COc1cc2c(cc1OC)C1=[N+](CN(c3ccccc3)N1)C(C)(C)C2. The summed E-state index contributed by atoms with van der Waals surface area (Å²) in [5, 5.41) is 2.18. The van der Waals surface area contributed by atoms with Gasteiger partial charge in [-0.2, -0.15) is 10.4 Å². The maximum Gasteiger partial charge on any atom is 0.303 e. The summed E-state index contributed by atoms with van der Waals surface area (Å²) >= 11 is 0. The summed E-state index contributed by atoms with van der Waals surface area (Å²) in [5.74, 6) is 2.66. The monoisotopic (exact) mass is 338 g/mol. The number of methoxy groups -OCH3 is 2. The van der Waals surface area contributed by atoms with Gasteiger partial charge in [-0.15, -0.1) is 0 Å². The number of amidine groups is 1. The lowest BCUT2D eigenvalue weighted by molar-refractivity contribution is -0.595. The van der Waals surface area contributed by atoms with Crippen LogP contribution in [0.2, 0.25) is 0 Å². The Morgan fingerprint density at radius 3 is 2.40 bits per heavy atom. The van der Waals surface area contributed by atoms with E-state index in [0.29, 0.717) is 0 Å². The molecule has 2 aromatic rings. The van der Waals surface area contributed by atoms with E-state index < -0.39 is 0 Å². The minimum atomic E-state index is 0.0124. The highest BCUT2D eigenvalue weighted by Crippen LogP contribution is 2.36. The summed E-state index contributed by atoms with van der Waals surface area (Å²) in [7, 11) is 3.36. The second-order valence-corrected chi connectivity index (χ2v) is 7.15. The molecule has 2 heterocycles. The number of benzene rings is 2. The third-order valence-electron chi connectivity index (χ3n) is 5.08. The minimum absolute atomic E-state index is 0.0124. The fraction of sp³-hybridized carbons (Fsp3) is 0.350. The van der Waals surface area contributed by atoms with Crippen molar-refractivity contribution in [2.24, 2.45) is 0 Å². The normalized spacial score (nSPS) is 17.7. The lowest BCUT2D eigenvalue weighted by atomic mass is 9.87. The maximum absolute atomic E-state index is 5.52. The van der Waals surface area contributed by atoms with Crippen molar-refractivity contribution in [1.29, 1.82) is 0 Å². The van der Waals surface area contributed by atoms with E-state index in [0.717, 1.165) is 36.1 Å². The molecule has 5 heteroatoms. The summed E-state index contributed by atoms with van der Waals surface area (Å²) in [6.45, 7) is 5.37. The summed E-state index contributed by atoms with van der Waals surface area (Å²) in [6, 6.07) is 14.6. The summed E-state index contributed by atoms with van der Waals surface area (Å²) in [6.07, 6.45) is 0.955. The van der Waals surface area contributed by atoms with Crippen LogP contribution < -0.4 is 19.9 Å². The summed E-state index contributed by atoms with van der Waals surface area (Å²) < 4.78 is 13.4. The van der Waals surface area contributed by atoms with Gasteiger partial charge in [0.05, 0.1) is 25.5 Å². The van der Waals surface area contributed by atoms with Gasteiger partial charge < -0.3 is 9.47 Å². The lowest BCUT2D eigenvalue weighted by Crippen LogP contribution is -2.45. The third kappa shape index (κ3) is 2.51. The Morgan fingerprint density at radius 1 is 1.04 bits per heavy atom. The molecule has 0 saturated heterocycles. The number of ether oxygens (including phenoxy) is 2. The Morgan fingerprint density at radius 2 is 1.72 bits per heavy atom. The Bertz CT molecular complexity index is 844. The van der Waals surface area contributed by atoms with Crippen LogP contribution in [0, 0.1) is 0 Å². The fourth-order valence-corrected chi connectivity index (χ4v) is 3.74. The van der Waals surface area contributed by atoms with E-state index in [-0.39, 0.29) is 5.54 Å². The van der Waals surface area contributed by atoms with E-state index >= 15 is 0 Å². The van der Waals surface area contributed by atoms with E-state index in [1.54, 1.807) is 14.2 Å². The summed E-state index contributed by atoms with van der Waals surface area (Å²) in [4.78, 5) is 0. The van der Waals surface area contributed by atoms with Crippen molar-refractivity contribution in [2.75, 3.05) is 25.9 Å². The molecule has 2 aliphatic rings. The highest BCUT2D eigenvalue weighted by Gasteiger charge is 2.44. The van der Waals surface area contributed by atoms with Gasteiger partial charge in [0, 0.05) is 6.42 Å². The molecule has 0 saturated carbocycles. The Balaban J connectivity index is 1.79. The molecule has 0 atom stereocenters. The van der Waals surface area contributed by atoms with Gasteiger partial charge in [-0.3, -0.25) is 0 Å². The van der Waals surface area contributed by atoms with Gasteiger partial charge in [-0.05, 0) is 43.7 Å². The van der Waals surface area contributed by atoms with Gasteiger partial charge in [-0.25, -0.2) is 4.58 Å². The van der Waals surface area contributed by atoms with Crippen LogP contribution in [0.25, 0.3) is 0 Å². The van der Waals surface area contributed by atoms with E-state index in [9.17, 15) is 0 Å². The van der Waals surface area contributed by atoms with Crippen molar-refractivity contribution in [3.8, 4) is 11.5 Å². The van der Waals surface area contributed by atoms with Crippen molar-refractivity contribution in [3.63, 3.8) is 0 Å². The van der Waals surface area contributed by atoms with Crippen LogP contribution in [0.3, 0.4) is 0 Å². The quantitative estimate of drug-likeness (QED) is 0.873. The Hall–Kier alpha value is -2.69. The standard InChI is InChI=1S/C20H23N3O2/c1-20(2)12-14-10-17(24-3)18(25-4)11-16(14)19-21-23(13-22(19)20)15-8-6-5-7-9-15/h5-11H,12-13H2,1-4H3/p+1. The molecule has 1 N–H and O–H groups in total. The van der Waals surface area contributed by atoms with Crippen molar-refractivity contribution in [1.82, 2.24) is 5.43 Å². The second-order valence-electron chi connectivity index (χ2n) is 7.15. The van der Waals surface area contributed by atoms with Gasteiger partial charge in [-0.1, -0.05) is 18.2 Å². The van der Waals surface area contributed by atoms with E-state index in [1.807, 2.05) is 6.07 Å². The zero-order valence-corrected chi connectivity index (χ0v) is 15.2. The number of hydrogen-bond acceptors (Lipinski definition) is 4.